The lowest BCUT2D eigenvalue weighted by atomic mass is 9.87. The minimum absolute atomic E-state index is 0.613. The average Bonchev–Trinajstić information content (AvgIpc) is 2.95. The van der Waals surface area contributed by atoms with Gasteiger partial charge in [-0.1, -0.05) is 19.8 Å². The van der Waals surface area contributed by atoms with Crippen molar-refractivity contribution in [3.8, 4) is 0 Å². The Morgan fingerprint density at radius 1 is 1.53 bits per heavy atom. The fourth-order valence-electron chi connectivity index (χ4n) is 3.18. The van der Waals surface area contributed by atoms with Crippen LogP contribution >= 0.6 is 0 Å². The van der Waals surface area contributed by atoms with E-state index in [2.05, 4.69) is 37.5 Å². The zero-order chi connectivity index (χ0) is 12.3. The highest BCUT2D eigenvalue weighted by atomic mass is 15.3. The van der Waals surface area contributed by atoms with E-state index in [4.69, 9.17) is 0 Å². The van der Waals surface area contributed by atoms with Crippen molar-refractivity contribution in [1.82, 2.24) is 15.1 Å². The maximum absolute atomic E-state index is 4.36. The van der Waals surface area contributed by atoms with Gasteiger partial charge in [0, 0.05) is 18.8 Å². The normalized spacial score (nSPS) is 26.3. The van der Waals surface area contributed by atoms with Gasteiger partial charge < -0.3 is 5.32 Å². The van der Waals surface area contributed by atoms with Crippen LogP contribution in [0.2, 0.25) is 0 Å². The second-order valence-corrected chi connectivity index (χ2v) is 5.38. The minimum atomic E-state index is 0.613. The molecule has 3 atom stereocenters. The zero-order valence-electron chi connectivity index (χ0n) is 11.3. The minimum Gasteiger partial charge on any atom is -0.316 e. The second kappa shape index (κ2) is 5.67. The summed E-state index contributed by atoms with van der Waals surface area (Å²) in [5.41, 5.74) is 1.37. The van der Waals surface area contributed by atoms with E-state index in [1.807, 2.05) is 10.9 Å². The largest absolute Gasteiger partial charge is 0.316 e. The summed E-state index contributed by atoms with van der Waals surface area (Å²) in [6.45, 7) is 5.49. The number of likely N-dealkylation sites (N-methyl/N-ethyl adjacent to an activating group) is 1. The summed E-state index contributed by atoms with van der Waals surface area (Å²) in [6, 6.07) is 0.613. The molecule has 1 aliphatic rings. The molecule has 1 aromatic heterocycles. The Morgan fingerprint density at radius 2 is 2.35 bits per heavy atom. The molecular formula is C14H25N3. The summed E-state index contributed by atoms with van der Waals surface area (Å²) in [4.78, 5) is 0. The summed E-state index contributed by atoms with van der Waals surface area (Å²) in [6.07, 6.45) is 9.51. The first-order valence-corrected chi connectivity index (χ1v) is 6.93. The van der Waals surface area contributed by atoms with Crippen molar-refractivity contribution in [2.24, 2.45) is 11.8 Å². The molecule has 0 radical (unpaired) electrons. The molecule has 0 bridgehead atoms. The molecule has 17 heavy (non-hydrogen) atoms. The van der Waals surface area contributed by atoms with Crippen molar-refractivity contribution in [1.29, 1.82) is 0 Å². The smallest absolute Gasteiger partial charge is 0.0522 e. The third-order valence-corrected chi connectivity index (χ3v) is 4.28. The number of nitrogens with one attached hydrogen (secondary N) is 1. The Labute approximate surface area is 105 Å². The molecule has 1 fully saturated rings. The van der Waals surface area contributed by atoms with E-state index in [-0.39, 0.29) is 0 Å². The van der Waals surface area contributed by atoms with Gasteiger partial charge in [0.05, 0.1) is 6.20 Å². The topological polar surface area (TPSA) is 29.9 Å². The van der Waals surface area contributed by atoms with E-state index in [1.165, 1.54) is 24.8 Å². The maximum atomic E-state index is 4.36. The second-order valence-electron chi connectivity index (χ2n) is 5.38. The molecule has 0 spiro atoms. The monoisotopic (exact) mass is 235 g/mol. The first-order valence-electron chi connectivity index (χ1n) is 6.93. The number of hydrogen-bond acceptors (Lipinski definition) is 2. The highest BCUT2D eigenvalue weighted by molar-refractivity contribution is 5.07. The molecule has 96 valence electrons. The van der Waals surface area contributed by atoms with Crippen LogP contribution in [-0.2, 0) is 13.0 Å². The number of nitrogens with zero attached hydrogens (tertiary/aromatic N) is 2. The van der Waals surface area contributed by atoms with Crippen molar-refractivity contribution >= 4 is 0 Å². The van der Waals surface area contributed by atoms with Gasteiger partial charge in [-0.15, -0.1) is 0 Å². The lowest BCUT2D eigenvalue weighted by molar-refractivity contribution is 0.308. The van der Waals surface area contributed by atoms with Crippen LogP contribution in [0.1, 0.15) is 38.7 Å². The predicted octanol–water partition coefficient (Wildman–Crippen LogP) is 2.47. The summed E-state index contributed by atoms with van der Waals surface area (Å²) < 4.78 is 2.01. The first kappa shape index (κ1) is 12.6. The number of aryl methyl sites for hydroxylation is 1. The number of hydrogen-bond donors (Lipinski definition) is 1. The lowest BCUT2D eigenvalue weighted by Crippen LogP contribution is -2.36. The van der Waals surface area contributed by atoms with E-state index in [9.17, 15) is 0 Å². The van der Waals surface area contributed by atoms with Gasteiger partial charge in [-0.3, -0.25) is 4.68 Å². The maximum Gasteiger partial charge on any atom is 0.0522 e. The van der Waals surface area contributed by atoms with Gasteiger partial charge in [-0.25, -0.2) is 0 Å². The van der Waals surface area contributed by atoms with Crippen molar-refractivity contribution in [3.05, 3.63) is 18.0 Å². The first-order chi connectivity index (χ1) is 8.24. The van der Waals surface area contributed by atoms with Crippen LogP contribution in [0.3, 0.4) is 0 Å². The van der Waals surface area contributed by atoms with Crippen molar-refractivity contribution in [2.45, 2.75) is 52.1 Å². The molecule has 0 aromatic carbocycles. The Hall–Kier alpha value is -0.830. The predicted molar refractivity (Wildman–Crippen MR) is 71.0 cm³/mol. The zero-order valence-corrected chi connectivity index (χ0v) is 11.3. The standard InChI is InChI=1S/C14H25N3/c1-4-17-10-12(9-16-17)8-14(15-3)13-7-5-6-11(13)2/h9-11,13-15H,4-8H2,1-3H3. The van der Waals surface area contributed by atoms with Crippen molar-refractivity contribution < 1.29 is 0 Å². The third kappa shape index (κ3) is 2.89. The molecule has 0 saturated heterocycles. The van der Waals surface area contributed by atoms with Gasteiger partial charge in [0.15, 0.2) is 0 Å². The Bertz CT molecular complexity index is 345. The Balaban J connectivity index is 1.99. The summed E-state index contributed by atoms with van der Waals surface area (Å²) >= 11 is 0. The van der Waals surface area contributed by atoms with Gasteiger partial charge >= 0.3 is 0 Å². The van der Waals surface area contributed by atoms with Gasteiger partial charge in [-0.2, -0.15) is 5.10 Å². The van der Waals surface area contributed by atoms with Crippen LogP contribution in [0.4, 0.5) is 0 Å². The Morgan fingerprint density at radius 3 is 2.88 bits per heavy atom. The van der Waals surface area contributed by atoms with Crippen molar-refractivity contribution in [3.63, 3.8) is 0 Å². The summed E-state index contributed by atoms with van der Waals surface area (Å²) in [5, 5.41) is 7.87. The molecule has 3 nitrogen and oxygen atoms in total. The third-order valence-electron chi connectivity index (χ3n) is 4.28. The average molecular weight is 235 g/mol. The van der Waals surface area contributed by atoms with Crippen molar-refractivity contribution in [2.75, 3.05) is 7.05 Å². The summed E-state index contributed by atoms with van der Waals surface area (Å²) in [7, 11) is 2.10. The van der Waals surface area contributed by atoms with E-state index < -0.39 is 0 Å². The van der Waals surface area contributed by atoms with Crippen LogP contribution in [0.5, 0.6) is 0 Å². The molecule has 0 aliphatic heterocycles. The quantitative estimate of drug-likeness (QED) is 0.849. The van der Waals surface area contributed by atoms with Crippen LogP contribution < -0.4 is 5.32 Å². The van der Waals surface area contributed by atoms with Crippen LogP contribution in [0.25, 0.3) is 0 Å². The van der Waals surface area contributed by atoms with Crippen LogP contribution in [0.15, 0.2) is 12.4 Å². The highest BCUT2D eigenvalue weighted by Gasteiger charge is 2.30. The molecule has 1 N–H and O–H groups in total. The fourth-order valence-corrected chi connectivity index (χ4v) is 3.18. The van der Waals surface area contributed by atoms with E-state index in [0.717, 1.165) is 24.8 Å². The lowest BCUT2D eigenvalue weighted by Gasteiger charge is -2.26. The van der Waals surface area contributed by atoms with Gasteiger partial charge in [0.25, 0.3) is 0 Å². The molecule has 3 heteroatoms. The van der Waals surface area contributed by atoms with Gasteiger partial charge in [-0.05, 0) is 44.2 Å². The molecule has 0 amide bonds. The van der Waals surface area contributed by atoms with Crippen LogP contribution in [-0.4, -0.2) is 22.9 Å². The highest BCUT2D eigenvalue weighted by Crippen LogP contribution is 2.34. The van der Waals surface area contributed by atoms with Gasteiger partial charge in [0.2, 0.25) is 0 Å². The molecule has 1 aromatic rings. The summed E-state index contributed by atoms with van der Waals surface area (Å²) in [5.74, 6) is 1.71. The van der Waals surface area contributed by atoms with Gasteiger partial charge in [0.1, 0.15) is 0 Å². The Kier molecular flexibility index (Phi) is 4.21. The number of aromatic nitrogens is 2. The van der Waals surface area contributed by atoms with E-state index >= 15 is 0 Å². The molecular weight excluding hydrogens is 210 g/mol. The van der Waals surface area contributed by atoms with E-state index in [1.54, 1.807) is 0 Å². The molecule has 1 heterocycles. The molecule has 2 rings (SSSR count). The fraction of sp³-hybridized carbons (Fsp3) is 0.786. The molecule has 3 unspecified atom stereocenters. The molecule has 1 aliphatic carbocycles. The molecule has 1 saturated carbocycles. The van der Waals surface area contributed by atoms with E-state index in [0.29, 0.717) is 6.04 Å². The number of rotatable bonds is 5. The SMILES string of the molecule is CCn1cc(CC(NC)C2CCCC2C)cn1. The van der Waals surface area contributed by atoms with Crippen LogP contribution in [0, 0.1) is 11.8 Å².